The summed E-state index contributed by atoms with van der Waals surface area (Å²) in [5, 5.41) is 10.1. The summed E-state index contributed by atoms with van der Waals surface area (Å²) in [5.74, 6) is 0.159. The van der Waals surface area contributed by atoms with Gasteiger partial charge in [-0.1, -0.05) is 54.6 Å². The molecule has 112 valence electrons. The van der Waals surface area contributed by atoms with Crippen LogP contribution in [0.15, 0.2) is 66.8 Å². The molecule has 2 aromatic carbocycles. The Morgan fingerprint density at radius 1 is 0.826 bits per heavy atom. The van der Waals surface area contributed by atoms with E-state index in [1.54, 1.807) is 12.1 Å². The second kappa shape index (κ2) is 5.69. The van der Waals surface area contributed by atoms with Crippen molar-refractivity contribution in [2.75, 3.05) is 0 Å². The van der Waals surface area contributed by atoms with Crippen LogP contribution in [0.3, 0.4) is 0 Å². The third kappa shape index (κ3) is 2.50. The fourth-order valence-corrected chi connectivity index (χ4v) is 2.85. The zero-order chi connectivity index (χ0) is 15.6. The van der Waals surface area contributed by atoms with Crippen molar-refractivity contribution in [1.82, 2.24) is 9.97 Å². The van der Waals surface area contributed by atoms with Gasteiger partial charge in [0.05, 0.1) is 16.9 Å². The van der Waals surface area contributed by atoms with Crippen molar-refractivity contribution in [2.24, 2.45) is 0 Å². The molecule has 0 fully saturated rings. The predicted octanol–water partition coefficient (Wildman–Crippen LogP) is 4.74. The van der Waals surface area contributed by atoms with E-state index in [9.17, 15) is 5.11 Å². The quantitative estimate of drug-likeness (QED) is 0.743. The van der Waals surface area contributed by atoms with Crippen LogP contribution in [0.1, 0.15) is 18.5 Å². The molecule has 3 aromatic rings. The number of hydrogen-bond acceptors (Lipinski definition) is 3. The molecular weight excluding hydrogens is 284 g/mol. The van der Waals surface area contributed by atoms with Crippen LogP contribution >= 0.6 is 0 Å². The van der Waals surface area contributed by atoms with Crippen LogP contribution in [0.25, 0.3) is 27.9 Å². The second-order valence-corrected chi connectivity index (χ2v) is 5.57. The number of hydrogen-bond donors (Lipinski definition) is 1. The molecule has 0 saturated carbocycles. The van der Waals surface area contributed by atoms with Gasteiger partial charge in [0.25, 0.3) is 0 Å². The van der Waals surface area contributed by atoms with E-state index in [1.165, 1.54) is 0 Å². The van der Waals surface area contributed by atoms with Crippen molar-refractivity contribution in [1.29, 1.82) is 0 Å². The van der Waals surface area contributed by atoms with Crippen LogP contribution in [0, 0.1) is 0 Å². The summed E-state index contributed by atoms with van der Waals surface area (Å²) < 4.78 is 0. The summed E-state index contributed by atoms with van der Waals surface area (Å²) in [6.07, 6.45) is 8.55. The van der Waals surface area contributed by atoms with E-state index in [1.807, 2.05) is 36.4 Å². The third-order valence-corrected chi connectivity index (χ3v) is 3.99. The minimum atomic E-state index is 0.159. The summed E-state index contributed by atoms with van der Waals surface area (Å²) in [4.78, 5) is 9.53. The van der Waals surface area contributed by atoms with Gasteiger partial charge in [-0.05, 0) is 30.5 Å². The molecule has 0 radical (unpaired) electrons. The zero-order valence-corrected chi connectivity index (χ0v) is 12.6. The Labute approximate surface area is 134 Å². The van der Waals surface area contributed by atoms with Gasteiger partial charge in [-0.25, -0.2) is 9.97 Å². The maximum atomic E-state index is 10.1. The SMILES string of the molecule is Oc1cccc2nc(C3=CCCC=C3)c(-c3ccccc3)nc12. The number of benzene rings is 2. The van der Waals surface area contributed by atoms with Gasteiger partial charge in [0.2, 0.25) is 0 Å². The highest BCUT2D eigenvalue weighted by molar-refractivity contribution is 5.89. The lowest BCUT2D eigenvalue weighted by atomic mass is 9.99. The van der Waals surface area contributed by atoms with Crippen molar-refractivity contribution in [2.45, 2.75) is 12.8 Å². The lowest BCUT2D eigenvalue weighted by Crippen LogP contribution is -1.99. The minimum Gasteiger partial charge on any atom is -0.506 e. The van der Waals surface area contributed by atoms with E-state index in [-0.39, 0.29) is 5.75 Å². The average Bonchev–Trinajstić information content (AvgIpc) is 2.63. The van der Waals surface area contributed by atoms with Crippen molar-refractivity contribution in [3.63, 3.8) is 0 Å². The first-order chi connectivity index (χ1) is 11.3. The molecule has 1 aliphatic carbocycles. The van der Waals surface area contributed by atoms with Crippen LogP contribution in [-0.2, 0) is 0 Å². The fraction of sp³-hybridized carbons (Fsp3) is 0.100. The predicted molar refractivity (Wildman–Crippen MR) is 93.0 cm³/mol. The van der Waals surface area contributed by atoms with Crippen molar-refractivity contribution in [3.05, 3.63) is 72.5 Å². The van der Waals surface area contributed by atoms with Gasteiger partial charge in [0.1, 0.15) is 11.3 Å². The number of phenols is 1. The highest BCUT2D eigenvalue weighted by Crippen LogP contribution is 2.32. The largest absolute Gasteiger partial charge is 0.506 e. The second-order valence-electron chi connectivity index (χ2n) is 5.57. The molecule has 4 rings (SSSR count). The van der Waals surface area contributed by atoms with Gasteiger partial charge >= 0.3 is 0 Å². The van der Waals surface area contributed by atoms with Crippen LogP contribution in [-0.4, -0.2) is 15.1 Å². The number of fused-ring (bicyclic) bond motifs is 1. The zero-order valence-electron chi connectivity index (χ0n) is 12.6. The lowest BCUT2D eigenvalue weighted by Gasteiger charge is -2.13. The van der Waals surface area contributed by atoms with Crippen LogP contribution in [0.5, 0.6) is 5.75 Å². The molecule has 1 aromatic heterocycles. The summed E-state index contributed by atoms with van der Waals surface area (Å²) in [6, 6.07) is 15.3. The molecule has 1 heterocycles. The highest BCUT2D eigenvalue weighted by Gasteiger charge is 2.15. The first kappa shape index (κ1) is 13.7. The van der Waals surface area contributed by atoms with Gasteiger partial charge in [0.15, 0.2) is 0 Å². The van der Waals surface area contributed by atoms with Gasteiger partial charge < -0.3 is 5.11 Å². The van der Waals surface area contributed by atoms with Gasteiger partial charge in [-0.2, -0.15) is 0 Å². The summed E-state index contributed by atoms with van der Waals surface area (Å²) >= 11 is 0. The molecule has 0 spiro atoms. The van der Waals surface area contributed by atoms with E-state index in [0.717, 1.165) is 35.4 Å². The molecule has 0 atom stereocenters. The summed E-state index contributed by atoms with van der Waals surface area (Å²) in [5.41, 5.74) is 5.01. The number of nitrogens with zero attached hydrogens (tertiary/aromatic N) is 2. The minimum absolute atomic E-state index is 0.159. The molecule has 0 amide bonds. The average molecular weight is 300 g/mol. The molecule has 0 bridgehead atoms. The molecule has 0 unspecified atom stereocenters. The molecule has 1 aliphatic rings. The van der Waals surface area contributed by atoms with Crippen molar-refractivity contribution in [3.8, 4) is 17.0 Å². The smallest absolute Gasteiger partial charge is 0.143 e. The number of aromatic nitrogens is 2. The van der Waals surface area contributed by atoms with Crippen LogP contribution < -0.4 is 0 Å². The number of allylic oxidation sites excluding steroid dienone is 4. The van der Waals surface area contributed by atoms with E-state index >= 15 is 0 Å². The monoisotopic (exact) mass is 300 g/mol. The topological polar surface area (TPSA) is 46.0 Å². The van der Waals surface area contributed by atoms with Gasteiger partial charge in [0, 0.05) is 5.56 Å². The maximum absolute atomic E-state index is 10.1. The van der Waals surface area contributed by atoms with E-state index < -0.39 is 0 Å². The van der Waals surface area contributed by atoms with E-state index in [2.05, 4.69) is 18.2 Å². The third-order valence-electron chi connectivity index (χ3n) is 3.99. The molecule has 0 saturated heterocycles. The Morgan fingerprint density at radius 2 is 1.70 bits per heavy atom. The van der Waals surface area contributed by atoms with E-state index in [4.69, 9.17) is 9.97 Å². The molecule has 1 N–H and O–H groups in total. The van der Waals surface area contributed by atoms with E-state index in [0.29, 0.717) is 11.0 Å². The molecular formula is C20H16N2O. The lowest BCUT2D eigenvalue weighted by molar-refractivity contribution is 0.480. The van der Waals surface area contributed by atoms with Gasteiger partial charge in [-0.15, -0.1) is 0 Å². The normalized spacial score (nSPS) is 14.0. The van der Waals surface area contributed by atoms with Crippen molar-refractivity contribution < 1.29 is 5.11 Å². The fourth-order valence-electron chi connectivity index (χ4n) is 2.85. The van der Waals surface area contributed by atoms with Crippen LogP contribution in [0.2, 0.25) is 0 Å². The standard InChI is InChI=1S/C20H16N2O/c23-17-13-7-12-16-20(17)22-19(15-10-5-2-6-11-15)18(21-16)14-8-3-1-4-9-14/h2-3,5-13,23H,1,4H2. The molecule has 23 heavy (non-hydrogen) atoms. The molecule has 3 nitrogen and oxygen atoms in total. The summed E-state index contributed by atoms with van der Waals surface area (Å²) in [6.45, 7) is 0. The molecule has 3 heteroatoms. The summed E-state index contributed by atoms with van der Waals surface area (Å²) in [7, 11) is 0. The Kier molecular flexibility index (Phi) is 3.39. The highest BCUT2D eigenvalue weighted by atomic mass is 16.3. The Hall–Kier alpha value is -2.94. The Morgan fingerprint density at radius 3 is 2.48 bits per heavy atom. The van der Waals surface area contributed by atoms with Crippen LogP contribution in [0.4, 0.5) is 0 Å². The first-order valence-corrected chi connectivity index (χ1v) is 7.75. The Balaban J connectivity index is 2.02. The molecule has 0 aliphatic heterocycles. The maximum Gasteiger partial charge on any atom is 0.143 e. The first-order valence-electron chi connectivity index (χ1n) is 7.75. The number of phenolic OH excluding ortho intramolecular Hbond substituents is 1. The Bertz CT molecular complexity index is 927. The van der Waals surface area contributed by atoms with Gasteiger partial charge in [-0.3, -0.25) is 0 Å². The number of rotatable bonds is 2. The van der Waals surface area contributed by atoms with Crippen molar-refractivity contribution >= 4 is 16.6 Å². The number of para-hydroxylation sites is 1. The number of aromatic hydroxyl groups is 1.